The molecule has 1 saturated carbocycles. The fourth-order valence-electron chi connectivity index (χ4n) is 4.79. The first kappa shape index (κ1) is 16.6. The second-order valence-corrected chi connectivity index (χ2v) is 7.75. The van der Waals surface area contributed by atoms with E-state index in [0.717, 1.165) is 36.3 Å². The van der Waals surface area contributed by atoms with Crippen molar-refractivity contribution in [2.45, 2.75) is 45.1 Å². The van der Waals surface area contributed by atoms with E-state index < -0.39 is 0 Å². The molecule has 3 atom stereocenters. The predicted octanol–water partition coefficient (Wildman–Crippen LogP) is 2.87. The van der Waals surface area contributed by atoms with E-state index in [-0.39, 0.29) is 24.4 Å². The number of carbonyl (C=O) groups is 2. The Bertz CT molecular complexity index is 675. The molecule has 0 spiro atoms. The number of nitrogens with zero attached hydrogens (tertiary/aromatic N) is 2. The number of likely N-dealkylation sites (tertiary alicyclic amines) is 1. The molecule has 25 heavy (non-hydrogen) atoms. The minimum Gasteiger partial charge on any atom is -0.323 e. The number of fused-ring (bicyclic) bond motifs is 2. The molecule has 5 nitrogen and oxygen atoms in total. The molecule has 0 unspecified atom stereocenters. The van der Waals surface area contributed by atoms with Gasteiger partial charge in [-0.2, -0.15) is 0 Å². The molecule has 1 N–H and O–H groups in total. The molecule has 1 saturated heterocycles. The van der Waals surface area contributed by atoms with Crippen molar-refractivity contribution in [1.82, 2.24) is 4.90 Å². The van der Waals surface area contributed by atoms with Gasteiger partial charge in [-0.25, -0.2) is 0 Å². The van der Waals surface area contributed by atoms with Crippen LogP contribution in [0.3, 0.4) is 0 Å². The van der Waals surface area contributed by atoms with E-state index in [1.165, 1.54) is 32.1 Å². The lowest BCUT2D eigenvalue weighted by Crippen LogP contribution is -2.54. The highest BCUT2D eigenvalue weighted by molar-refractivity contribution is 6.11. The summed E-state index contributed by atoms with van der Waals surface area (Å²) in [6, 6.07) is 7.37. The molecule has 2 fully saturated rings. The Morgan fingerprint density at radius 1 is 1.16 bits per heavy atom. The molecule has 0 bridgehead atoms. The number of para-hydroxylation sites is 2. The first-order valence-corrected chi connectivity index (χ1v) is 9.58. The monoisotopic (exact) mass is 341 g/mol. The summed E-state index contributed by atoms with van der Waals surface area (Å²) >= 11 is 0. The summed E-state index contributed by atoms with van der Waals surface area (Å²) in [7, 11) is 0. The summed E-state index contributed by atoms with van der Waals surface area (Å²) in [6.07, 6.45) is 6.57. The van der Waals surface area contributed by atoms with Gasteiger partial charge in [-0.15, -0.1) is 0 Å². The highest BCUT2D eigenvalue weighted by atomic mass is 16.2. The second-order valence-electron chi connectivity index (χ2n) is 7.75. The predicted molar refractivity (Wildman–Crippen MR) is 98.5 cm³/mol. The highest BCUT2D eigenvalue weighted by Gasteiger charge is 2.37. The van der Waals surface area contributed by atoms with Crippen molar-refractivity contribution in [1.29, 1.82) is 0 Å². The molecule has 0 aromatic heterocycles. The molecule has 2 amide bonds. The fraction of sp³-hybridized carbons (Fsp3) is 0.600. The number of piperidine rings is 1. The molecule has 1 aromatic rings. The van der Waals surface area contributed by atoms with Gasteiger partial charge < -0.3 is 5.32 Å². The highest BCUT2D eigenvalue weighted by Crippen LogP contribution is 2.37. The number of anilines is 2. The maximum Gasteiger partial charge on any atom is 0.244 e. The average Bonchev–Trinajstić information content (AvgIpc) is 2.65. The molecule has 2 aliphatic heterocycles. The standard InChI is InChI=1S/C20H27N3O2/c1-14(22-11-10-15-6-2-3-7-16(15)12-22)20(25)23-13-19(24)21-17-8-4-5-9-18(17)23/h4-5,8-9,14-16H,2-3,6-7,10-13H2,1H3,(H,21,24)/t14-,15+,16-/m1/s1. The molecule has 4 rings (SSSR count). The van der Waals surface area contributed by atoms with Gasteiger partial charge in [-0.3, -0.25) is 19.4 Å². The van der Waals surface area contributed by atoms with Crippen molar-refractivity contribution < 1.29 is 9.59 Å². The number of nitrogens with one attached hydrogen (secondary N) is 1. The van der Waals surface area contributed by atoms with Crippen LogP contribution in [0.5, 0.6) is 0 Å². The lowest BCUT2D eigenvalue weighted by Gasteiger charge is -2.44. The van der Waals surface area contributed by atoms with E-state index in [9.17, 15) is 9.59 Å². The van der Waals surface area contributed by atoms with Crippen molar-refractivity contribution in [3.63, 3.8) is 0 Å². The summed E-state index contributed by atoms with van der Waals surface area (Å²) in [5.41, 5.74) is 1.54. The van der Waals surface area contributed by atoms with Crippen LogP contribution < -0.4 is 10.2 Å². The Hall–Kier alpha value is -1.88. The first-order chi connectivity index (χ1) is 12.1. The maximum atomic E-state index is 13.2. The van der Waals surface area contributed by atoms with E-state index in [2.05, 4.69) is 10.2 Å². The summed E-state index contributed by atoms with van der Waals surface area (Å²) < 4.78 is 0. The number of hydrogen-bond donors (Lipinski definition) is 1. The third kappa shape index (κ3) is 3.17. The zero-order valence-electron chi connectivity index (χ0n) is 14.9. The molecule has 3 aliphatic rings. The minimum atomic E-state index is -0.179. The van der Waals surface area contributed by atoms with Crippen LogP contribution in [-0.2, 0) is 9.59 Å². The van der Waals surface area contributed by atoms with Crippen molar-refractivity contribution in [3.8, 4) is 0 Å². The smallest absolute Gasteiger partial charge is 0.244 e. The Balaban J connectivity index is 1.50. The molecule has 0 radical (unpaired) electrons. The summed E-state index contributed by atoms with van der Waals surface area (Å²) in [4.78, 5) is 29.2. The van der Waals surface area contributed by atoms with Gasteiger partial charge in [0, 0.05) is 6.54 Å². The Morgan fingerprint density at radius 2 is 1.92 bits per heavy atom. The van der Waals surface area contributed by atoms with Gasteiger partial charge in [0.2, 0.25) is 11.8 Å². The minimum absolute atomic E-state index is 0.0385. The number of hydrogen-bond acceptors (Lipinski definition) is 3. The van der Waals surface area contributed by atoms with Gasteiger partial charge in [0.25, 0.3) is 0 Å². The van der Waals surface area contributed by atoms with Crippen molar-refractivity contribution in [3.05, 3.63) is 24.3 Å². The lowest BCUT2D eigenvalue weighted by atomic mass is 9.75. The summed E-state index contributed by atoms with van der Waals surface area (Å²) in [5.74, 6) is 1.52. The van der Waals surface area contributed by atoms with E-state index in [4.69, 9.17) is 0 Å². The van der Waals surface area contributed by atoms with Gasteiger partial charge in [0.1, 0.15) is 6.54 Å². The average molecular weight is 341 g/mol. The molecule has 1 aromatic carbocycles. The van der Waals surface area contributed by atoms with Crippen molar-refractivity contribution in [2.24, 2.45) is 11.8 Å². The van der Waals surface area contributed by atoms with Crippen LogP contribution in [0, 0.1) is 11.8 Å². The topological polar surface area (TPSA) is 52.7 Å². The molecular weight excluding hydrogens is 314 g/mol. The number of benzene rings is 1. The van der Waals surface area contributed by atoms with Gasteiger partial charge in [-0.1, -0.05) is 31.4 Å². The van der Waals surface area contributed by atoms with Gasteiger partial charge in [0.05, 0.1) is 17.4 Å². The quantitative estimate of drug-likeness (QED) is 0.900. The Labute approximate surface area is 149 Å². The van der Waals surface area contributed by atoms with Crippen LogP contribution in [0.1, 0.15) is 39.0 Å². The molecule has 2 heterocycles. The van der Waals surface area contributed by atoms with Crippen LogP contribution in [0.15, 0.2) is 24.3 Å². The van der Waals surface area contributed by atoms with E-state index in [1.54, 1.807) is 4.90 Å². The summed E-state index contributed by atoms with van der Waals surface area (Å²) in [5, 5.41) is 2.85. The number of rotatable bonds is 2. The van der Waals surface area contributed by atoms with E-state index >= 15 is 0 Å². The van der Waals surface area contributed by atoms with Crippen molar-refractivity contribution >= 4 is 23.2 Å². The lowest BCUT2D eigenvalue weighted by molar-refractivity contribution is -0.126. The van der Waals surface area contributed by atoms with Crippen LogP contribution in [0.4, 0.5) is 11.4 Å². The van der Waals surface area contributed by atoms with Gasteiger partial charge in [-0.05, 0) is 50.3 Å². The second kappa shape index (κ2) is 6.79. The first-order valence-electron chi connectivity index (χ1n) is 9.58. The number of carbonyl (C=O) groups excluding carboxylic acids is 2. The zero-order valence-corrected chi connectivity index (χ0v) is 14.9. The molecule has 1 aliphatic carbocycles. The third-order valence-corrected chi connectivity index (χ3v) is 6.26. The third-order valence-electron chi connectivity index (χ3n) is 6.26. The fourth-order valence-corrected chi connectivity index (χ4v) is 4.79. The molecule has 5 heteroatoms. The van der Waals surface area contributed by atoms with Crippen molar-refractivity contribution in [2.75, 3.05) is 29.9 Å². The van der Waals surface area contributed by atoms with E-state index in [1.807, 2.05) is 31.2 Å². The maximum absolute atomic E-state index is 13.2. The zero-order chi connectivity index (χ0) is 17.4. The number of amides is 2. The SMILES string of the molecule is C[C@H](C(=O)N1CC(=O)Nc2ccccc21)N1CC[C@@H]2CCCC[C@@H]2C1. The normalized spacial score (nSPS) is 27.9. The van der Waals surface area contributed by atoms with Gasteiger partial charge >= 0.3 is 0 Å². The molecule has 134 valence electrons. The Kier molecular flexibility index (Phi) is 4.50. The van der Waals surface area contributed by atoms with E-state index in [0.29, 0.717) is 0 Å². The van der Waals surface area contributed by atoms with Crippen LogP contribution in [0.25, 0.3) is 0 Å². The largest absolute Gasteiger partial charge is 0.323 e. The molecular formula is C20H27N3O2. The Morgan fingerprint density at radius 3 is 2.76 bits per heavy atom. The van der Waals surface area contributed by atoms with Crippen LogP contribution >= 0.6 is 0 Å². The van der Waals surface area contributed by atoms with Gasteiger partial charge in [0.15, 0.2) is 0 Å². The van der Waals surface area contributed by atoms with Crippen LogP contribution in [-0.4, -0.2) is 42.4 Å². The van der Waals surface area contributed by atoms with Crippen LogP contribution in [0.2, 0.25) is 0 Å². The summed E-state index contributed by atoms with van der Waals surface area (Å²) in [6.45, 7) is 4.13.